The second-order valence-electron chi connectivity index (χ2n) is 18.5. The highest BCUT2D eigenvalue weighted by molar-refractivity contribution is 9.10. The summed E-state index contributed by atoms with van der Waals surface area (Å²) in [5.74, 6) is 2.09. The minimum Gasteiger partial charge on any atom is -0.455 e. The molecule has 1 aliphatic heterocycles. The number of hydrogen-bond donors (Lipinski definition) is 2. The summed E-state index contributed by atoms with van der Waals surface area (Å²) in [6.45, 7) is 4.63. The summed E-state index contributed by atoms with van der Waals surface area (Å²) in [6, 6.07) is 91.2. The van der Waals surface area contributed by atoms with Crippen LogP contribution in [0.15, 0.2) is 265 Å². The van der Waals surface area contributed by atoms with Crippen LogP contribution in [0.3, 0.4) is 0 Å². The lowest BCUT2D eigenvalue weighted by Crippen LogP contribution is -2.29. The summed E-state index contributed by atoms with van der Waals surface area (Å²) < 4.78 is 7.87. The zero-order chi connectivity index (χ0) is 50.4. The van der Waals surface area contributed by atoms with E-state index < -0.39 is 0 Å². The Morgan fingerprint density at radius 2 is 0.716 bits per heavy atom. The normalized spacial score (nSPS) is 11.9. The lowest BCUT2D eigenvalue weighted by molar-refractivity contribution is 0.425. The van der Waals surface area contributed by atoms with Crippen molar-refractivity contribution in [3.05, 3.63) is 299 Å². The molecule has 2 unspecified atom stereocenters. The third-order valence-electron chi connectivity index (χ3n) is 12.9. The fraction of sp³-hybridized carbons (Fsp3) is 0.0882. The number of nitrogens with two attached hydrogens (primary N) is 2. The molecule has 0 saturated heterocycles. The molecule has 0 fully saturated rings. The van der Waals surface area contributed by atoms with Gasteiger partial charge in [-0.05, 0) is 91.5 Å². The topological polar surface area (TPSA) is 61.3 Å². The van der Waals surface area contributed by atoms with Crippen LogP contribution in [0.2, 0.25) is 0 Å². The summed E-state index contributed by atoms with van der Waals surface area (Å²) in [7, 11) is 1.15. The lowest BCUT2D eigenvalue weighted by Gasteiger charge is -2.36. The van der Waals surface area contributed by atoms with E-state index in [0.29, 0.717) is 28.5 Å². The van der Waals surface area contributed by atoms with Crippen LogP contribution in [-0.2, 0) is 18.3 Å². The maximum atomic E-state index is 6.73. The predicted molar refractivity (Wildman–Crippen MR) is 329 cm³/mol. The van der Waals surface area contributed by atoms with Gasteiger partial charge in [0, 0.05) is 31.6 Å². The number of para-hydroxylation sites is 2. The van der Waals surface area contributed by atoms with E-state index in [2.05, 4.69) is 224 Å². The van der Waals surface area contributed by atoms with Crippen LogP contribution in [0.1, 0.15) is 54.7 Å². The first-order chi connectivity index (χ1) is 35.7. The van der Waals surface area contributed by atoms with E-state index in [-0.39, 0.29) is 12.8 Å². The maximum absolute atomic E-state index is 6.73. The number of fused-ring (bicyclic) bond motifs is 4. The van der Waals surface area contributed by atoms with Gasteiger partial charge in [-0.2, -0.15) is 0 Å². The molecule has 12 rings (SSSR count). The van der Waals surface area contributed by atoms with Crippen LogP contribution in [0.25, 0.3) is 21.5 Å². The van der Waals surface area contributed by atoms with E-state index in [1.807, 2.05) is 66.7 Å². The number of benzene rings is 11. The van der Waals surface area contributed by atoms with E-state index in [1.165, 1.54) is 65.4 Å². The SMILES string of the molecule is Brc1ccccc1.C.CC1(C)c2cccc(Pc3ccccc3)c2Oc2c(Pc3ccccc3)cccc21.Nc1cc2ccccc2cc1N.c1ccc(Cc2cc3ccccc3cc2Cc2ccccc2)cc1. The van der Waals surface area contributed by atoms with E-state index >= 15 is 0 Å². The lowest BCUT2D eigenvalue weighted by atomic mass is 9.76. The number of anilines is 2. The molecule has 0 amide bonds. The van der Waals surface area contributed by atoms with Crippen molar-refractivity contribution < 1.29 is 4.74 Å². The first-order valence-electron chi connectivity index (χ1n) is 24.6. The summed E-state index contributed by atoms with van der Waals surface area (Å²) >= 11 is 3.31. The Morgan fingerprint density at radius 3 is 1.07 bits per heavy atom. The molecule has 368 valence electrons. The third kappa shape index (κ3) is 13.6. The Balaban J connectivity index is 0.000000146. The maximum Gasteiger partial charge on any atom is 0.139 e. The van der Waals surface area contributed by atoms with E-state index in [9.17, 15) is 0 Å². The Hall–Kier alpha value is -7.32. The van der Waals surface area contributed by atoms with Crippen LogP contribution in [-0.4, -0.2) is 0 Å². The molecule has 0 saturated carbocycles. The number of nitrogen functional groups attached to an aromatic ring is 2. The zero-order valence-electron chi connectivity index (χ0n) is 41.2. The number of rotatable bonds is 8. The summed E-state index contributed by atoms with van der Waals surface area (Å²) in [5, 5.41) is 10.1. The average molecular weight is 1070 g/mol. The van der Waals surface area contributed by atoms with Gasteiger partial charge in [0.2, 0.25) is 0 Å². The van der Waals surface area contributed by atoms with Gasteiger partial charge in [-0.25, -0.2) is 0 Å². The molecule has 74 heavy (non-hydrogen) atoms. The molecule has 4 N–H and O–H groups in total. The Labute approximate surface area is 450 Å². The van der Waals surface area contributed by atoms with Gasteiger partial charge in [0.25, 0.3) is 0 Å². The molecule has 0 spiro atoms. The standard InChI is InChI=1S/C27H24OP2.C24H20.C10H10N2.C6H5Br.CH4/c1-27(2)21-15-9-17-23(29-19-11-5-3-6-12-19)25(21)28-26-22(27)16-10-18-24(26)30-20-13-7-4-8-14-20;1-3-9-19(10-4-1)15-23-17-21-13-7-8-14-22(21)18-24(23)16-20-11-5-2-6-12-20;11-9-5-7-3-1-2-4-8(7)6-10(9)12;7-6-4-2-1-3-5-6;/h3-18,29-30H,1-2H3;1-14,17-18H,15-16H2;1-6H,11-12H2;1-5H;1H4. The minimum absolute atomic E-state index is 0. The second kappa shape index (κ2) is 25.6. The van der Waals surface area contributed by atoms with Gasteiger partial charge in [-0.3, -0.25) is 0 Å². The van der Waals surface area contributed by atoms with Gasteiger partial charge in [-0.1, -0.05) is 291 Å². The van der Waals surface area contributed by atoms with Gasteiger partial charge >= 0.3 is 0 Å². The van der Waals surface area contributed by atoms with Crippen LogP contribution >= 0.6 is 33.1 Å². The van der Waals surface area contributed by atoms with Crippen LogP contribution < -0.4 is 37.4 Å². The van der Waals surface area contributed by atoms with Crippen molar-refractivity contribution in [2.45, 2.75) is 39.5 Å². The summed E-state index contributed by atoms with van der Waals surface area (Å²) in [4.78, 5) is 0. The number of ether oxygens (including phenoxy) is 1. The summed E-state index contributed by atoms with van der Waals surface area (Å²) in [6.07, 6.45) is 1.96. The summed E-state index contributed by atoms with van der Waals surface area (Å²) in [5.41, 5.74) is 20.6. The Bertz CT molecular complexity index is 3320. The van der Waals surface area contributed by atoms with E-state index in [0.717, 1.165) is 39.6 Å². The van der Waals surface area contributed by atoms with E-state index in [4.69, 9.17) is 16.2 Å². The largest absolute Gasteiger partial charge is 0.455 e. The van der Waals surface area contributed by atoms with Gasteiger partial charge in [-0.15, -0.1) is 0 Å². The van der Waals surface area contributed by atoms with Crippen molar-refractivity contribution in [3.63, 3.8) is 0 Å². The Morgan fingerprint density at radius 1 is 0.392 bits per heavy atom. The van der Waals surface area contributed by atoms with Gasteiger partial charge in [0.15, 0.2) is 0 Å². The van der Waals surface area contributed by atoms with Crippen molar-refractivity contribution in [2.24, 2.45) is 0 Å². The molecule has 0 bridgehead atoms. The first-order valence-corrected chi connectivity index (χ1v) is 27.4. The molecule has 2 atom stereocenters. The molecule has 3 nitrogen and oxygen atoms in total. The number of hydrogen-bond acceptors (Lipinski definition) is 3. The Kier molecular flexibility index (Phi) is 18.3. The highest BCUT2D eigenvalue weighted by Crippen LogP contribution is 2.48. The van der Waals surface area contributed by atoms with E-state index in [1.54, 1.807) is 0 Å². The first kappa shape index (κ1) is 53.0. The van der Waals surface area contributed by atoms with Crippen LogP contribution in [0, 0.1) is 0 Å². The van der Waals surface area contributed by atoms with Gasteiger partial charge < -0.3 is 16.2 Å². The monoisotopic (exact) mass is 1060 g/mol. The quantitative estimate of drug-likeness (QED) is 0.118. The van der Waals surface area contributed by atoms with Crippen molar-refractivity contribution in [1.29, 1.82) is 0 Å². The molecule has 11 aromatic carbocycles. The van der Waals surface area contributed by atoms with Crippen LogP contribution in [0.5, 0.6) is 11.5 Å². The van der Waals surface area contributed by atoms with Gasteiger partial charge in [0.05, 0.1) is 11.4 Å². The molecule has 6 heteroatoms. The van der Waals surface area contributed by atoms with Crippen LogP contribution in [0.4, 0.5) is 11.4 Å². The van der Waals surface area contributed by atoms with Crippen molar-refractivity contribution in [1.82, 2.24) is 0 Å². The molecule has 1 aliphatic rings. The zero-order valence-corrected chi connectivity index (χ0v) is 44.8. The number of halogens is 1. The fourth-order valence-electron chi connectivity index (χ4n) is 9.06. The van der Waals surface area contributed by atoms with Crippen molar-refractivity contribution in [3.8, 4) is 11.5 Å². The molecule has 0 aromatic heterocycles. The molecule has 0 aliphatic carbocycles. The highest BCUT2D eigenvalue weighted by atomic mass is 79.9. The third-order valence-corrected chi connectivity index (χ3v) is 16.0. The molecule has 0 radical (unpaired) electrons. The van der Waals surface area contributed by atoms with Crippen molar-refractivity contribution in [2.75, 3.05) is 11.5 Å². The molecular formula is C68H63BrN2OP2. The second-order valence-corrected chi connectivity index (χ2v) is 22.1. The smallest absolute Gasteiger partial charge is 0.139 e. The molecular weight excluding hydrogens is 1000 g/mol. The van der Waals surface area contributed by atoms with Crippen molar-refractivity contribution >= 4 is 87.2 Å². The predicted octanol–water partition coefficient (Wildman–Crippen LogP) is 16.5. The average Bonchev–Trinajstić information content (AvgIpc) is 3.42. The molecule has 1 heterocycles. The molecule has 11 aromatic rings. The minimum atomic E-state index is -0.0999. The fourth-order valence-corrected chi connectivity index (χ4v) is 11.7. The highest BCUT2D eigenvalue weighted by Gasteiger charge is 2.36. The van der Waals surface area contributed by atoms with Gasteiger partial charge in [0.1, 0.15) is 11.5 Å².